The van der Waals surface area contributed by atoms with Crippen LogP contribution in [0.4, 0.5) is 0 Å². The number of carbonyl (C=O) groups excluding carboxylic acids is 1. The molecule has 1 aromatic heterocycles. The van der Waals surface area contributed by atoms with Crippen LogP contribution in [0.5, 0.6) is 0 Å². The van der Waals surface area contributed by atoms with E-state index in [0.717, 1.165) is 12.8 Å². The van der Waals surface area contributed by atoms with Crippen molar-refractivity contribution >= 4 is 15.9 Å². The molecule has 0 aliphatic carbocycles. The van der Waals surface area contributed by atoms with Crippen LogP contribution in [0.15, 0.2) is 33.7 Å². The summed E-state index contributed by atoms with van der Waals surface area (Å²) >= 11 is 0. The van der Waals surface area contributed by atoms with Crippen LogP contribution in [0.25, 0.3) is 0 Å². The summed E-state index contributed by atoms with van der Waals surface area (Å²) in [6.07, 6.45) is 1.71. The van der Waals surface area contributed by atoms with Gasteiger partial charge in [0.2, 0.25) is 15.9 Å². The van der Waals surface area contributed by atoms with E-state index in [1.807, 2.05) is 0 Å². The maximum atomic E-state index is 12.3. The van der Waals surface area contributed by atoms with Crippen molar-refractivity contribution < 1.29 is 22.5 Å². The fourth-order valence-electron chi connectivity index (χ4n) is 2.71. The SMILES string of the molecule is Cc1noc(C(C)NC(=O)c2ccc(S(=O)(=O)NCC3CCCO3)cc2)n1. The number of hydrogen-bond donors (Lipinski definition) is 2. The summed E-state index contributed by atoms with van der Waals surface area (Å²) in [5.74, 6) is 0.421. The molecule has 3 rings (SSSR count). The third-order valence-corrected chi connectivity index (χ3v) is 5.65. The van der Waals surface area contributed by atoms with Gasteiger partial charge in [-0.2, -0.15) is 4.98 Å². The highest BCUT2D eigenvalue weighted by Gasteiger charge is 2.21. The second kappa shape index (κ2) is 8.15. The molecule has 1 amide bonds. The van der Waals surface area contributed by atoms with E-state index < -0.39 is 16.1 Å². The van der Waals surface area contributed by atoms with Crippen molar-refractivity contribution in [1.82, 2.24) is 20.2 Å². The zero-order valence-corrected chi connectivity index (χ0v) is 16.0. The quantitative estimate of drug-likeness (QED) is 0.726. The maximum absolute atomic E-state index is 12.3. The molecule has 1 saturated heterocycles. The van der Waals surface area contributed by atoms with Crippen molar-refractivity contribution in [2.45, 2.75) is 43.7 Å². The Balaban J connectivity index is 1.60. The summed E-state index contributed by atoms with van der Waals surface area (Å²) < 4.78 is 37.7. The third-order valence-electron chi connectivity index (χ3n) is 4.21. The number of carbonyl (C=O) groups is 1. The van der Waals surface area contributed by atoms with Crippen molar-refractivity contribution in [2.24, 2.45) is 0 Å². The van der Waals surface area contributed by atoms with Gasteiger partial charge in [0, 0.05) is 18.7 Å². The predicted molar refractivity (Wildman–Crippen MR) is 95.5 cm³/mol. The average molecular weight is 394 g/mol. The highest BCUT2D eigenvalue weighted by molar-refractivity contribution is 7.89. The Morgan fingerprint density at radius 3 is 2.67 bits per heavy atom. The Labute approximate surface area is 157 Å². The van der Waals surface area contributed by atoms with Gasteiger partial charge in [0.1, 0.15) is 6.04 Å². The van der Waals surface area contributed by atoms with Crippen LogP contribution in [-0.2, 0) is 14.8 Å². The lowest BCUT2D eigenvalue weighted by Gasteiger charge is -2.12. The predicted octanol–water partition coefficient (Wildman–Crippen LogP) is 1.33. The highest BCUT2D eigenvalue weighted by Crippen LogP contribution is 2.15. The lowest BCUT2D eigenvalue weighted by atomic mass is 10.2. The third kappa shape index (κ3) is 4.90. The molecular weight excluding hydrogens is 372 g/mol. The smallest absolute Gasteiger partial charge is 0.251 e. The van der Waals surface area contributed by atoms with Gasteiger partial charge in [-0.3, -0.25) is 4.79 Å². The van der Waals surface area contributed by atoms with Gasteiger partial charge in [0.05, 0.1) is 11.0 Å². The molecule has 1 aromatic carbocycles. The first-order chi connectivity index (χ1) is 12.8. The minimum absolute atomic E-state index is 0.0837. The molecule has 10 heteroatoms. The van der Waals surface area contributed by atoms with Crippen molar-refractivity contribution in [1.29, 1.82) is 0 Å². The van der Waals surface area contributed by atoms with E-state index >= 15 is 0 Å². The first-order valence-corrected chi connectivity index (χ1v) is 10.2. The van der Waals surface area contributed by atoms with Crippen molar-refractivity contribution in [3.63, 3.8) is 0 Å². The molecule has 9 nitrogen and oxygen atoms in total. The lowest BCUT2D eigenvalue weighted by Crippen LogP contribution is -2.32. The molecule has 1 aliphatic heterocycles. The van der Waals surface area contributed by atoms with Gasteiger partial charge in [-0.15, -0.1) is 0 Å². The van der Waals surface area contributed by atoms with E-state index in [0.29, 0.717) is 23.9 Å². The second-order valence-corrected chi connectivity index (χ2v) is 8.15. The van der Waals surface area contributed by atoms with Crippen LogP contribution in [0.1, 0.15) is 47.9 Å². The minimum Gasteiger partial charge on any atom is -0.377 e. The molecule has 0 spiro atoms. The van der Waals surface area contributed by atoms with Crippen LogP contribution in [0.3, 0.4) is 0 Å². The summed E-state index contributed by atoms with van der Waals surface area (Å²) in [7, 11) is -3.65. The molecule has 27 heavy (non-hydrogen) atoms. The van der Waals surface area contributed by atoms with Gasteiger partial charge < -0.3 is 14.6 Å². The Hall–Kier alpha value is -2.30. The van der Waals surface area contributed by atoms with E-state index in [1.165, 1.54) is 24.3 Å². The molecule has 1 fully saturated rings. The number of sulfonamides is 1. The Morgan fingerprint density at radius 2 is 2.07 bits per heavy atom. The summed E-state index contributed by atoms with van der Waals surface area (Å²) in [6, 6.07) is 5.25. The Morgan fingerprint density at radius 1 is 1.33 bits per heavy atom. The normalized spacial score (nSPS) is 18.4. The first kappa shape index (κ1) is 19.5. The van der Waals surface area contributed by atoms with Crippen LogP contribution >= 0.6 is 0 Å². The van der Waals surface area contributed by atoms with Gasteiger partial charge in [-0.1, -0.05) is 5.16 Å². The zero-order chi connectivity index (χ0) is 19.4. The van der Waals surface area contributed by atoms with Crippen molar-refractivity contribution in [3.05, 3.63) is 41.5 Å². The van der Waals surface area contributed by atoms with Crippen LogP contribution in [0, 0.1) is 6.92 Å². The standard InChI is InChI=1S/C17H22N4O5S/c1-11(17-20-12(2)21-26-17)19-16(22)13-5-7-15(8-6-13)27(23,24)18-10-14-4-3-9-25-14/h5-8,11,14,18H,3-4,9-10H2,1-2H3,(H,19,22). The van der Waals surface area contributed by atoms with Gasteiger partial charge in [-0.25, -0.2) is 13.1 Å². The van der Waals surface area contributed by atoms with Gasteiger partial charge in [0.25, 0.3) is 5.91 Å². The molecule has 2 heterocycles. The number of aromatic nitrogens is 2. The fraction of sp³-hybridized carbons (Fsp3) is 0.471. The van der Waals surface area contributed by atoms with Crippen molar-refractivity contribution in [3.8, 4) is 0 Å². The molecule has 2 N–H and O–H groups in total. The minimum atomic E-state index is -3.65. The monoisotopic (exact) mass is 394 g/mol. The molecular formula is C17H22N4O5S. The molecule has 2 aromatic rings. The summed E-state index contributed by atoms with van der Waals surface area (Å²) in [5.41, 5.74) is 0.330. The average Bonchev–Trinajstić information content (AvgIpc) is 3.31. The highest BCUT2D eigenvalue weighted by atomic mass is 32.2. The number of ether oxygens (including phenoxy) is 1. The lowest BCUT2D eigenvalue weighted by molar-refractivity contribution is 0.0932. The van der Waals surface area contributed by atoms with E-state index in [-0.39, 0.29) is 23.5 Å². The van der Waals surface area contributed by atoms with Crippen LogP contribution < -0.4 is 10.0 Å². The molecule has 146 valence electrons. The number of nitrogens with one attached hydrogen (secondary N) is 2. The molecule has 0 radical (unpaired) electrons. The van der Waals surface area contributed by atoms with E-state index in [4.69, 9.17) is 9.26 Å². The van der Waals surface area contributed by atoms with E-state index in [9.17, 15) is 13.2 Å². The summed E-state index contributed by atoms with van der Waals surface area (Å²) in [6.45, 7) is 4.32. The number of aryl methyl sites for hydroxylation is 1. The Kier molecular flexibility index (Phi) is 5.88. The second-order valence-electron chi connectivity index (χ2n) is 6.39. The molecule has 2 atom stereocenters. The van der Waals surface area contributed by atoms with E-state index in [1.54, 1.807) is 13.8 Å². The first-order valence-electron chi connectivity index (χ1n) is 8.67. The maximum Gasteiger partial charge on any atom is 0.251 e. The number of rotatable bonds is 7. The topological polar surface area (TPSA) is 123 Å². The number of amides is 1. The van der Waals surface area contributed by atoms with E-state index in [2.05, 4.69) is 20.2 Å². The van der Waals surface area contributed by atoms with Crippen LogP contribution in [-0.4, -0.2) is 43.7 Å². The van der Waals surface area contributed by atoms with Crippen molar-refractivity contribution in [2.75, 3.05) is 13.2 Å². The number of nitrogens with zero attached hydrogens (tertiary/aromatic N) is 2. The van der Waals surface area contributed by atoms with Gasteiger partial charge in [0.15, 0.2) is 5.82 Å². The summed E-state index contributed by atoms with van der Waals surface area (Å²) in [4.78, 5) is 16.5. The summed E-state index contributed by atoms with van der Waals surface area (Å²) in [5, 5.41) is 6.41. The Bertz CT molecular complexity index is 888. The number of hydrogen-bond acceptors (Lipinski definition) is 7. The largest absolute Gasteiger partial charge is 0.377 e. The zero-order valence-electron chi connectivity index (χ0n) is 15.1. The van der Waals surface area contributed by atoms with Gasteiger partial charge in [-0.05, 0) is 51.0 Å². The molecule has 0 bridgehead atoms. The molecule has 0 saturated carbocycles. The number of benzene rings is 1. The van der Waals surface area contributed by atoms with Gasteiger partial charge >= 0.3 is 0 Å². The molecule has 2 unspecified atom stereocenters. The van der Waals surface area contributed by atoms with Crippen LogP contribution in [0.2, 0.25) is 0 Å². The fourth-order valence-corrected chi connectivity index (χ4v) is 3.77. The molecule has 1 aliphatic rings.